The van der Waals surface area contributed by atoms with Gasteiger partial charge in [-0.15, -0.1) is 11.8 Å². The van der Waals surface area contributed by atoms with Crippen molar-refractivity contribution in [3.63, 3.8) is 0 Å². The second-order valence-corrected chi connectivity index (χ2v) is 8.75. The number of thioether (sulfide) groups is 1. The second kappa shape index (κ2) is 10.2. The average molecular weight is 441 g/mol. The van der Waals surface area contributed by atoms with E-state index in [1.165, 1.54) is 11.1 Å². The molecule has 0 saturated carbocycles. The first-order valence-corrected chi connectivity index (χ1v) is 11.6. The molecule has 31 heavy (non-hydrogen) atoms. The van der Waals surface area contributed by atoms with Gasteiger partial charge in [0.25, 0.3) is 0 Å². The van der Waals surface area contributed by atoms with Crippen LogP contribution in [0, 0.1) is 0 Å². The number of carboxylic acids is 1. The summed E-state index contributed by atoms with van der Waals surface area (Å²) in [5.41, 5.74) is 3.41. The molecule has 2 heterocycles. The topological polar surface area (TPSA) is 86.2 Å². The molecule has 0 aliphatic carbocycles. The maximum absolute atomic E-state index is 11.3. The number of methoxy groups -OCH3 is 1. The quantitative estimate of drug-likeness (QED) is 0.582. The summed E-state index contributed by atoms with van der Waals surface area (Å²) >= 11 is 1.69. The number of ether oxygens (including phenoxy) is 1. The Hall–Kier alpha value is -2.55. The van der Waals surface area contributed by atoms with Gasteiger partial charge in [-0.1, -0.05) is 24.3 Å². The number of nitrogens with one attached hydrogen (secondary N) is 2. The lowest BCUT2D eigenvalue weighted by atomic mass is 9.99. The minimum absolute atomic E-state index is 0.154. The zero-order valence-corrected chi connectivity index (χ0v) is 18.3. The number of anilines is 1. The number of hydrogen-bond donors (Lipinski definition) is 3. The highest BCUT2D eigenvalue weighted by molar-refractivity contribution is 7.99. The summed E-state index contributed by atoms with van der Waals surface area (Å²) in [4.78, 5) is 18.0. The Bertz CT molecular complexity index is 904. The molecule has 1 saturated heterocycles. The third-order valence-corrected chi connectivity index (χ3v) is 6.76. The number of carboxylic acid groups (broad SMARTS) is 1. The van der Waals surface area contributed by atoms with E-state index in [4.69, 9.17) is 4.74 Å². The molecule has 3 unspecified atom stereocenters. The van der Waals surface area contributed by atoms with E-state index >= 15 is 0 Å². The third-order valence-electron chi connectivity index (χ3n) is 5.69. The van der Waals surface area contributed by atoms with Crippen LogP contribution in [-0.4, -0.2) is 66.4 Å². The second-order valence-electron chi connectivity index (χ2n) is 7.75. The largest absolute Gasteiger partial charge is 0.497 e. The van der Waals surface area contributed by atoms with Gasteiger partial charge in [0.15, 0.2) is 6.29 Å². The van der Waals surface area contributed by atoms with Crippen molar-refractivity contribution in [3.05, 3.63) is 59.7 Å². The molecule has 1 fully saturated rings. The third kappa shape index (κ3) is 5.58. The molecule has 7 nitrogen and oxygen atoms in total. The number of carbonyl (C=O) groups is 1. The maximum Gasteiger partial charge on any atom is 0.321 e. The van der Waals surface area contributed by atoms with E-state index in [9.17, 15) is 9.90 Å². The summed E-state index contributed by atoms with van der Waals surface area (Å²) in [6.07, 6.45) is 2.68. The van der Waals surface area contributed by atoms with Gasteiger partial charge in [0, 0.05) is 42.5 Å². The minimum Gasteiger partial charge on any atom is -0.497 e. The van der Waals surface area contributed by atoms with Crippen molar-refractivity contribution in [1.29, 1.82) is 0 Å². The lowest BCUT2D eigenvalue weighted by Crippen LogP contribution is -2.41. The standard InChI is InChI=1S/C23H28N4O3S/c1-30-20-8-4-17(5-9-20)18-12-24-23(25-13-18)26-19-6-2-16(3-7-19)10-11-27-15-31-14-21(27)22(28)29/h2-9,12,18,21,23,25-26H,10-11,13-15H2,1H3,(H,28,29). The van der Waals surface area contributed by atoms with Crippen molar-refractivity contribution >= 4 is 29.6 Å². The fraction of sp³-hybridized carbons (Fsp3) is 0.391. The SMILES string of the molecule is COc1ccc(C2C=NC(Nc3ccc(CCN4CSCC4C(=O)O)cc3)NC2)cc1. The molecule has 0 aromatic heterocycles. The molecule has 0 spiro atoms. The molecular formula is C23H28N4O3S. The molecular weight excluding hydrogens is 412 g/mol. The Kier molecular flexibility index (Phi) is 7.11. The molecule has 164 valence electrons. The lowest BCUT2D eigenvalue weighted by molar-refractivity contribution is -0.141. The fourth-order valence-corrected chi connectivity index (χ4v) is 5.03. The predicted octanol–water partition coefficient (Wildman–Crippen LogP) is 2.85. The van der Waals surface area contributed by atoms with Crippen LogP contribution in [0.2, 0.25) is 0 Å². The van der Waals surface area contributed by atoms with Crippen LogP contribution < -0.4 is 15.4 Å². The van der Waals surface area contributed by atoms with Crippen LogP contribution in [0.15, 0.2) is 53.5 Å². The normalized spacial score (nSPS) is 23.6. The minimum atomic E-state index is -0.723. The van der Waals surface area contributed by atoms with E-state index in [0.29, 0.717) is 5.75 Å². The van der Waals surface area contributed by atoms with Gasteiger partial charge < -0.3 is 15.2 Å². The van der Waals surface area contributed by atoms with Gasteiger partial charge in [-0.3, -0.25) is 20.0 Å². The number of aliphatic carboxylic acids is 1. The van der Waals surface area contributed by atoms with E-state index in [-0.39, 0.29) is 18.2 Å². The molecule has 2 aliphatic heterocycles. The van der Waals surface area contributed by atoms with Crippen molar-refractivity contribution < 1.29 is 14.6 Å². The highest BCUT2D eigenvalue weighted by atomic mass is 32.2. The lowest BCUT2D eigenvalue weighted by Gasteiger charge is -2.25. The molecule has 2 aliphatic rings. The number of nitrogens with zero attached hydrogens (tertiary/aromatic N) is 2. The molecule has 3 N–H and O–H groups in total. The zero-order valence-electron chi connectivity index (χ0n) is 17.5. The van der Waals surface area contributed by atoms with Crippen LogP contribution in [0.25, 0.3) is 0 Å². The van der Waals surface area contributed by atoms with Crippen molar-refractivity contribution in [3.8, 4) is 5.75 Å². The summed E-state index contributed by atoms with van der Waals surface area (Å²) in [6, 6.07) is 16.0. The summed E-state index contributed by atoms with van der Waals surface area (Å²) in [6.45, 7) is 1.57. The summed E-state index contributed by atoms with van der Waals surface area (Å²) < 4.78 is 5.22. The Morgan fingerprint density at radius 3 is 2.68 bits per heavy atom. The fourth-order valence-electron chi connectivity index (χ4n) is 3.80. The van der Waals surface area contributed by atoms with E-state index in [2.05, 4.69) is 52.0 Å². The predicted molar refractivity (Wildman–Crippen MR) is 125 cm³/mol. The van der Waals surface area contributed by atoms with Crippen LogP contribution >= 0.6 is 11.8 Å². The van der Waals surface area contributed by atoms with Gasteiger partial charge in [0.2, 0.25) is 0 Å². The van der Waals surface area contributed by atoms with Crippen molar-refractivity contribution in [1.82, 2.24) is 10.2 Å². The van der Waals surface area contributed by atoms with Crippen LogP contribution in [0.1, 0.15) is 17.0 Å². The highest BCUT2D eigenvalue weighted by Gasteiger charge is 2.30. The van der Waals surface area contributed by atoms with Crippen molar-refractivity contribution in [2.75, 3.05) is 37.1 Å². The van der Waals surface area contributed by atoms with Gasteiger partial charge in [-0.2, -0.15) is 0 Å². The maximum atomic E-state index is 11.3. The van der Waals surface area contributed by atoms with Gasteiger partial charge in [0.1, 0.15) is 11.8 Å². The van der Waals surface area contributed by atoms with E-state index in [1.54, 1.807) is 18.9 Å². The summed E-state index contributed by atoms with van der Waals surface area (Å²) in [7, 11) is 1.67. The van der Waals surface area contributed by atoms with Crippen molar-refractivity contribution in [2.24, 2.45) is 4.99 Å². The Morgan fingerprint density at radius 1 is 1.26 bits per heavy atom. The van der Waals surface area contributed by atoms with E-state index in [1.807, 2.05) is 23.2 Å². The number of aliphatic imine (C=N–C) groups is 1. The van der Waals surface area contributed by atoms with E-state index in [0.717, 1.165) is 36.8 Å². The van der Waals surface area contributed by atoms with Crippen LogP contribution in [0.5, 0.6) is 5.75 Å². The molecule has 0 amide bonds. The molecule has 3 atom stereocenters. The van der Waals surface area contributed by atoms with Gasteiger partial charge in [-0.25, -0.2) is 0 Å². The zero-order chi connectivity index (χ0) is 21.6. The molecule has 0 bridgehead atoms. The van der Waals surface area contributed by atoms with Crippen molar-refractivity contribution in [2.45, 2.75) is 24.7 Å². The molecule has 0 radical (unpaired) electrons. The van der Waals surface area contributed by atoms with Gasteiger partial charge >= 0.3 is 5.97 Å². The summed E-state index contributed by atoms with van der Waals surface area (Å²) in [5, 5.41) is 16.1. The molecule has 4 rings (SSSR count). The first-order valence-electron chi connectivity index (χ1n) is 10.4. The average Bonchev–Trinajstić information content (AvgIpc) is 3.28. The van der Waals surface area contributed by atoms with Crippen LogP contribution in [-0.2, 0) is 11.2 Å². The number of hydrogen-bond acceptors (Lipinski definition) is 7. The smallest absolute Gasteiger partial charge is 0.321 e. The highest BCUT2D eigenvalue weighted by Crippen LogP contribution is 2.22. The number of benzene rings is 2. The van der Waals surface area contributed by atoms with Gasteiger partial charge in [-0.05, 0) is 41.8 Å². The Labute approximate surface area is 186 Å². The molecule has 2 aromatic rings. The van der Waals surface area contributed by atoms with E-state index < -0.39 is 5.97 Å². The Balaban J connectivity index is 1.27. The summed E-state index contributed by atoms with van der Waals surface area (Å²) in [5.74, 6) is 1.84. The Morgan fingerprint density at radius 2 is 2.03 bits per heavy atom. The first-order chi connectivity index (χ1) is 15.1. The first kappa shape index (κ1) is 21.7. The number of rotatable bonds is 8. The van der Waals surface area contributed by atoms with Crippen LogP contribution in [0.3, 0.4) is 0 Å². The molecule has 8 heteroatoms. The molecule has 2 aromatic carbocycles. The monoisotopic (exact) mass is 440 g/mol. The van der Waals surface area contributed by atoms with Crippen LogP contribution in [0.4, 0.5) is 5.69 Å². The van der Waals surface area contributed by atoms with Gasteiger partial charge in [0.05, 0.1) is 7.11 Å².